The first-order valence-electron chi connectivity index (χ1n) is 3.10. The summed E-state index contributed by atoms with van der Waals surface area (Å²) < 4.78 is 9.76. The summed E-state index contributed by atoms with van der Waals surface area (Å²) in [6.07, 6.45) is 0.138. The topological polar surface area (TPSA) is 38.7 Å². The molecule has 0 aromatic carbocycles. The second-order valence-corrected chi connectivity index (χ2v) is 1.94. The van der Waals surface area contributed by atoms with Crippen molar-refractivity contribution < 1.29 is 14.6 Å². The van der Waals surface area contributed by atoms with Gasteiger partial charge in [0, 0.05) is 20.8 Å². The fourth-order valence-corrected chi connectivity index (χ4v) is 0.691. The third kappa shape index (κ3) is 2.96. The monoisotopic (exact) mass is 146 g/mol. The van der Waals surface area contributed by atoms with Crippen LogP contribution in [0.4, 0.5) is 0 Å². The molecule has 0 heterocycles. The lowest BCUT2D eigenvalue weighted by Crippen LogP contribution is -2.15. The van der Waals surface area contributed by atoms with Gasteiger partial charge in [-0.25, -0.2) is 0 Å². The molecule has 0 spiro atoms. The Labute approximate surface area is 61.3 Å². The molecule has 10 heavy (non-hydrogen) atoms. The summed E-state index contributed by atoms with van der Waals surface area (Å²) in [5.41, 5.74) is 0.757. The molecule has 0 rings (SSSR count). The number of hydrogen-bond donors (Lipinski definition) is 1. The number of rotatable bonds is 5. The van der Waals surface area contributed by atoms with Crippen LogP contribution >= 0.6 is 0 Å². The average molecular weight is 146 g/mol. The van der Waals surface area contributed by atoms with Gasteiger partial charge in [0.2, 0.25) is 0 Å². The molecule has 0 aliphatic carbocycles. The van der Waals surface area contributed by atoms with Gasteiger partial charge < -0.3 is 14.6 Å². The van der Waals surface area contributed by atoms with E-state index in [1.54, 1.807) is 0 Å². The fourth-order valence-electron chi connectivity index (χ4n) is 0.691. The predicted molar refractivity (Wildman–Crippen MR) is 38.6 cm³/mol. The summed E-state index contributed by atoms with van der Waals surface area (Å²) in [5, 5.41) is 8.50. The molecule has 0 unspecified atom stereocenters. The number of aliphatic hydroxyl groups excluding tert-OH is 1. The lowest BCUT2D eigenvalue weighted by molar-refractivity contribution is -0.0771. The average Bonchev–Trinajstić information content (AvgIpc) is 1.91. The molecule has 3 heteroatoms. The second kappa shape index (κ2) is 5.41. The minimum Gasteiger partial charge on any atom is -0.396 e. The highest BCUT2D eigenvalue weighted by atomic mass is 16.7. The molecule has 1 N–H and O–H groups in total. The first-order chi connectivity index (χ1) is 4.76. The van der Waals surface area contributed by atoms with E-state index in [4.69, 9.17) is 14.6 Å². The van der Waals surface area contributed by atoms with E-state index >= 15 is 0 Å². The number of hydrogen-bond acceptors (Lipinski definition) is 3. The highest BCUT2D eigenvalue weighted by molar-refractivity contribution is 4.97. The van der Waals surface area contributed by atoms with E-state index in [-0.39, 0.29) is 12.9 Å². The highest BCUT2D eigenvalue weighted by Crippen LogP contribution is 2.07. The molecule has 0 atom stereocenters. The van der Waals surface area contributed by atoms with Gasteiger partial charge in [-0.3, -0.25) is 0 Å². The van der Waals surface area contributed by atoms with Gasteiger partial charge in [-0.1, -0.05) is 6.58 Å². The zero-order chi connectivity index (χ0) is 7.98. The van der Waals surface area contributed by atoms with Crippen molar-refractivity contribution in [2.75, 3.05) is 20.8 Å². The van der Waals surface area contributed by atoms with Crippen molar-refractivity contribution in [3.05, 3.63) is 12.2 Å². The molecule has 0 bridgehead atoms. The molecule has 0 saturated heterocycles. The Morgan fingerprint density at radius 2 is 2.00 bits per heavy atom. The molecule has 0 aromatic heterocycles. The smallest absolute Gasteiger partial charge is 0.178 e. The Morgan fingerprint density at radius 3 is 2.30 bits per heavy atom. The minimum absolute atomic E-state index is 0.0854. The molecule has 0 radical (unpaired) electrons. The first kappa shape index (κ1) is 9.62. The van der Waals surface area contributed by atoms with Crippen molar-refractivity contribution in [1.29, 1.82) is 0 Å². The summed E-state index contributed by atoms with van der Waals surface area (Å²) >= 11 is 0. The number of aliphatic hydroxyl groups is 1. The summed E-state index contributed by atoms with van der Waals surface area (Å²) in [6, 6.07) is 0. The molecule has 0 aromatic rings. The largest absolute Gasteiger partial charge is 0.396 e. The Balaban J connectivity index is 3.65. The maximum absolute atomic E-state index is 8.50. The van der Waals surface area contributed by atoms with Crippen LogP contribution in [0.1, 0.15) is 6.42 Å². The quantitative estimate of drug-likeness (QED) is 0.454. The van der Waals surface area contributed by atoms with Crippen molar-refractivity contribution >= 4 is 0 Å². The van der Waals surface area contributed by atoms with Gasteiger partial charge in [0.25, 0.3) is 0 Å². The zero-order valence-electron chi connectivity index (χ0n) is 6.46. The summed E-state index contributed by atoms with van der Waals surface area (Å²) in [6.45, 7) is 3.76. The maximum Gasteiger partial charge on any atom is 0.178 e. The van der Waals surface area contributed by atoms with E-state index in [0.717, 1.165) is 5.57 Å². The van der Waals surface area contributed by atoms with Gasteiger partial charge in [0.05, 0.1) is 0 Å². The summed E-state index contributed by atoms with van der Waals surface area (Å²) in [5.74, 6) is 0. The van der Waals surface area contributed by atoms with E-state index in [9.17, 15) is 0 Å². The van der Waals surface area contributed by atoms with Crippen LogP contribution in [-0.2, 0) is 9.47 Å². The molecule has 0 amide bonds. The van der Waals surface area contributed by atoms with Gasteiger partial charge in [0.15, 0.2) is 6.29 Å². The van der Waals surface area contributed by atoms with Crippen LogP contribution in [0, 0.1) is 0 Å². The third-order valence-electron chi connectivity index (χ3n) is 1.19. The molecule has 0 fully saturated rings. The van der Waals surface area contributed by atoms with Crippen LogP contribution in [-0.4, -0.2) is 32.2 Å². The predicted octanol–water partition coefficient (Wildman–Crippen LogP) is 0.544. The molecular weight excluding hydrogens is 132 g/mol. The van der Waals surface area contributed by atoms with Crippen LogP contribution < -0.4 is 0 Å². The zero-order valence-corrected chi connectivity index (χ0v) is 6.46. The van der Waals surface area contributed by atoms with Crippen molar-refractivity contribution in [3.8, 4) is 0 Å². The lowest BCUT2D eigenvalue weighted by atomic mass is 10.2. The second-order valence-electron chi connectivity index (χ2n) is 1.94. The normalized spacial score (nSPS) is 10.4. The molecule has 0 saturated carbocycles. The van der Waals surface area contributed by atoms with Crippen LogP contribution in [0.5, 0.6) is 0 Å². The van der Waals surface area contributed by atoms with Gasteiger partial charge in [-0.05, 0) is 12.0 Å². The van der Waals surface area contributed by atoms with Crippen LogP contribution in [0.3, 0.4) is 0 Å². The number of ether oxygens (including phenoxy) is 2. The fraction of sp³-hybridized carbons (Fsp3) is 0.714. The van der Waals surface area contributed by atoms with E-state index in [1.807, 2.05) is 0 Å². The van der Waals surface area contributed by atoms with Gasteiger partial charge in [-0.15, -0.1) is 0 Å². The summed E-state index contributed by atoms with van der Waals surface area (Å²) in [4.78, 5) is 0. The van der Waals surface area contributed by atoms with E-state index in [2.05, 4.69) is 6.58 Å². The molecule has 0 aliphatic heterocycles. The standard InChI is InChI=1S/C7H14O3/c1-6(4-5-8)7(9-2)10-3/h7-8H,1,4-5H2,2-3H3. The first-order valence-corrected chi connectivity index (χ1v) is 3.10. The molecular formula is C7H14O3. The van der Waals surface area contributed by atoms with Crippen molar-refractivity contribution in [2.24, 2.45) is 0 Å². The minimum atomic E-state index is -0.382. The Hall–Kier alpha value is -0.380. The van der Waals surface area contributed by atoms with Crippen LogP contribution in [0.2, 0.25) is 0 Å². The van der Waals surface area contributed by atoms with Crippen molar-refractivity contribution in [1.82, 2.24) is 0 Å². The summed E-state index contributed by atoms with van der Waals surface area (Å²) in [7, 11) is 3.08. The van der Waals surface area contributed by atoms with Crippen LogP contribution in [0.15, 0.2) is 12.2 Å². The number of methoxy groups -OCH3 is 2. The van der Waals surface area contributed by atoms with E-state index < -0.39 is 0 Å². The highest BCUT2D eigenvalue weighted by Gasteiger charge is 2.07. The molecule has 0 aliphatic rings. The maximum atomic E-state index is 8.50. The van der Waals surface area contributed by atoms with Crippen LogP contribution in [0.25, 0.3) is 0 Å². The lowest BCUT2D eigenvalue weighted by Gasteiger charge is -2.14. The Bertz CT molecular complexity index is 97.0. The SMILES string of the molecule is C=C(CCO)C(OC)OC. The van der Waals surface area contributed by atoms with Gasteiger partial charge in [0.1, 0.15) is 0 Å². The third-order valence-corrected chi connectivity index (χ3v) is 1.19. The van der Waals surface area contributed by atoms with Crippen molar-refractivity contribution in [2.45, 2.75) is 12.7 Å². The van der Waals surface area contributed by atoms with E-state index in [1.165, 1.54) is 14.2 Å². The van der Waals surface area contributed by atoms with Gasteiger partial charge in [-0.2, -0.15) is 0 Å². The molecule has 3 nitrogen and oxygen atoms in total. The Morgan fingerprint density at radius 1 is 1.50 bits per heavy atom. The molecule has 60 valence electrons. The van der Waals surface area contributed by atoms with E-state index in [0.29, 0.717) is 6.42 Å². The van der Waals surface area contributed by atoms with Crippen molar-refractivity contribution in [3.63, 3.8) is 0 Å². The van der Waals surface area contributed by atoms with Gasteiger partial charge >= 0.3 is 0 Å². The Kier molecular flexibility index (Phi) is 5.20.